The summed E-state index contributed by atoms with van der Waals surface area (Å²) in [6.07, 6.45) is 3.87. The monoisotopic (exact) mass is 328 g/mol. The van der Waals surface area contributed by atoms with Crippen LogP contribution in [0.15, 0.2) is 30.3 Å². The maximum atomic E-state index is 11.8. The fraction of sp³-hybridized carbons (Fsp3) is 0.421. The van der Waals surface area contributed by atoms with Crippen molar-refractivity contribution in [3.8, 4) is 6.07 Å². The molecule has 1 rings (SSSR count). The Balaban J connectivity index is 2.49. The summed E-state index contributed by atoms with van der Waals surface area (Å²) in [6, 6.07) is 9.88. The molecule has 24 heavy (non-hydrogen) atoms. The van der Waals surface area contributed by atoms with Crippen molar-refractivity contribution in [1.29, 1.82) is 5.26 Å². The summed E-state index contributed by atoms with van der Waals surface area (Å²) >= 11 is 0. The third-order valence-electron chi connectivity index (χ3n) is 3.93. The molecule has 1 amide bonds. The van der Waals surface area contributed by atoms with E-state index in [2.05, 4.69) is 18.3 Å². The lowest BCUT2D eigenvalue weighted by atomic mass is 9.90. The molecule has 0 unspecified atom stereocenters. The van der Waals surface area contributed by atoms with Crippen LogP contribution < -0.4 is 5.32 Å². The highest BCUT2D eigenvalue weighted by Gasteiger charge is 2.30. The van der Waals surface area contributed by atoms with Gasteiger partial charge in [0.25, 0.3) is 5.91 Å². The van der Waals surface area contributed by atoms with E-state index in [0.29, 0.717) is 0 Å². The van der Waals surface area contributed by atoms with Crippen LogP contribution in [0.4, 0.5) is 0 Å². The van der Waals surface area contributed by atoms with Gasteiger partial charge in [-0.15, -0.1) is 0 Å². The summed E-state index contributed by atoms with van der Waals surface area (Å²) in [5, 5.41) is 11.7. The third kappa shape index (κ3) is 5.88. The van der Waals surface area contributed by atoms with E-state index in [0.717, 1.165) is 12.0 Å². The van der Waals surface area contributed by atoms with Gasteiger partial charge in [0.1, 0.15) is 5.54 Å². The molecule has 1 aromatic rings. The first-order valence-corrected chi connectivity index (χ1v) is 7.96. The molecule has 0 radical (unpaired) electrons. The number of esters is 1. The van der Waals surface area contributed by atoms with Crippen molar-refractivity contribution in [2.75, 3.05) is 6.61 Å². The van der Waals surface area contributed by atoms with Crippen LogP contribution in [0, 0.1) is 17.2 Å². The Hall–Kier alpha value is -2.61. The van der Waals surface area contributed by atoms with E-state index < -0.39 is 24.0 Å². The number of carbonyl (C=O) groups excluding carboxylic acids is 2. The number of aryl methyl sites for hydroxylation is 1. The molecule has 1 N–H and O–H groups in total. The summed E-state index contributed by atoms with van der Waals surface area (Å²) in [5.41, 5.74) is 1.11. The maximum Gasteiger partial charge on any atom is 0.331 e. The molecule has 5 heteroatoms. The highest BCUT2D eigenvalue weighted by atomic mass is 16.5. The Morgan fingerprint density at radius 3 is 2.46 bits per heavy atom. The number of nitriles is 1. The fourth-order valence-corrected chi connectivity index (χ4v) is 1.84. The van der Waals surface area contributed by atoms with Gasteiger partial charge in [-0.25, -0.2) is 4.79 Å². The van der Waals surface area contributed by atoms with Crippen molar-refractivity contribution in [3.05, 3.63) is 41.5 Å². The number of carbonyl (C=O) groups is 2. The third-order valence-corrected chi connectivity index (χ3v) is 3.93. The highest BCUT2D eigenvalue weighted by Crippen LogP contribution is 2.14. The van der Waals surface area contributed by atoms with Gasteiger partial charge in [0.05, 0.1) is 6.07 Å². The average Bonchev–Trinajstić information content (AvgIpc) is 2.58. The van der Waals surface area contributed by atoms with Gasteiger partial charge in [0, 0.05) is 6.08 Å². The molecule has 0 fully saturated rings. The number of nitrogens with zero attached hydrogens (tertiary/aromatic N) is 1. The predicted molar refractivity (Wildman–Crippen MR) is 92.8 cm³/mol. The molecule has 0 saturated carbocycles. The first-order valence-electron chi connectivity index (χ1n) is 7.96. The number of hydrogen-bond donors (Lipinski definition) is 1. The Labute approximate surface area is 143 Å². The maximum absolute atomic E-state index is 11.8. The van der Waals surface area contributed by atoms with Gasteiger partial charge < -0.3 is 10.1 Å². The fourth-order valence-electron chi connectivity index (χ4n) is 1.84. The van der Waals surface area contributed by atoms with Crippen molar-refractivity contribution in [2.24, 2.45) is 5.92 Å². The number of rotatable bonds is 7. The van der Waals surface area contributed by atoms with Gasteiger partial charge in [0.2, 0.25) is 0 Å². The second kappa shape index (κ2) is 8.88. The van der Waals surface area contributed by atoms with Gasteiger partial charge in [-0.2, -0.15) is 5.26 Å². The van der Waals surface area contributed by atoms with Gasteiger partial charge in [0.15, 0.2) is 6.61 Å². The minimum Gasteiger partial charge on any atom is -0.452 e. The second-order valence-corrected chi connectivity index (χ2v) is 6.05. The molecule has 128 valence electrons. The van der Waals surface area contributed by atoms with Crippen molar-refractivity contribution < 1.29 is 14.3 Å². The Morgan fingerprint density at radius 2 is 1.96 bits per heavy atom. The van der Waals surface area contributed by atoms with Crippen molar-refractivity contribution >= 4 is 18.0 Å². The molecule has 0 aliphatic carbocycles. The van der Waals surface area contributed by atoms with Crippen molar-refractivity contribution in [1.82, 2.24) is 5.32 Å². The highest BCUT2D eigenvalue weighted by molar-refractivity contribution is 5.89. The zero-order chi connectivity index (χ0) is 18.2. The Kier molecular flexibility index (Phi) is 7.19. The Bertz CT molecular complexity index is 642. The molecule has 0 aliphatic rings. The molecule has 5 nitrogen and oxygen atoms in total. The summed E-state index contributed by atoms with van der Waals surface area (Å²) in [5.74, 6) is -1.16. The lowest BCUT2D eigenvalue weighted by Crippen LogP contribution is -2.50. The van der Waals surface area contributed by atoms with E-state index >= 15 is 0 Å². The van der Waals surface area contributed by atoms with Crippen LogP contribution in [0.25, 0.3) is 6.08 Å². The zero-order valence-electron chi connectivity index (χ0n) is 14.6. The molecular weight excluding hydrogens is 304 g/mol. The lowest BCUT2D eigenvalue weighted by molar-refractivity contribution is -0.144. The van der Waals surface area contributed by atoms with E-state index in [-0.39, 0.29) is 5.92 Å². The number of ether oxygens (including phenoxy) is 1. The average molecular weight is 328 g/mol. The van der Waals surface area contributed by atoms with Crippen LogP contribution in [0.5, 0.6) is 0 Å². The molecule has 0 heterocycles. The van der Waals surface area contributed by atoms with E-state index in [9.17, 15) is 9.59 Å². The minimum absolute atomic E-state index is 0.0619. The van der Waals surface area contributed by atoms with Crippen LogP contribution >= 0.6 is 0 Å². The van der Waals surface area contributed by atoms with Crippen LogP contribution in [0.1, 0.15) is 38.8 Å². The number of nitrogens with one attached hydrogen (secondary N) is 1. The molecule has 0 aliphatic heterocycles. The normalized spacial score (nSPS) is 13.3. The van der Waals surface area contributed by atoms with Crippen LogP contribution in [-0.4, -0.2) is 24.0 Å². The van der Waals surface area contributed by atoms with Crippen LogP contribution in [-0.2, 0) is 20.7 Å². The number of benzene rings is 1. The van der Waals surface area contributed by atoms with E-state index in [4.69, 9.17) is 10.00 Å². The van der Waals surface area contributed by atoms with E-state index in [1.54, 1.807) is 13.0 Å². The van der Waals surface area contributed by atoms with E-state index in [1.807, 2.05) is 38.1 Å². The molecule has 0 spiro atoms. The molecule has 0 aromatic heterocycles. The van der Waals surface area contributed by atoms with Gasteiger partial charge in [-0.05, 0) is 36.5 Å². The largest absolute Gasteiger partial charge is 0.452 e. The van der Waals surface area contributed by atoms with Crippen LogP contribution in [0.2, 0.25) is 0 Å². The molecule has 0 saturated heterocycles. The van der Waals surface area contributed by atoms with Gasteiger partial charge in [-0.3, -0.25) is 4.79 Å². The van der Waals surface area contributed by atoms with Crippen molar-refractivity contribution in [2.45, 2.75) is 39.7 Å². The molecule has 1 atom stereocenters. The van der Waals surface area contributed by atoms with Crippen LogP contribution in [0.3, 0.4) is 0 Å². The lowest BCUT2D eigenvalue weighted by Gasteiger charge is -2.27. The molecular formula is C19H24N2O3. The van der Waals surface area contributed by atoms with Gasteiger partial charge >= 0.3 is 5.97 Å². The summed E-state index contributed by atoms with van der Waals surface area (Å²) < 4.78 is 4.89. The Morgan fingerprint density at radius 1 is 1.33 bits per heavy atom. The second-order valence-electron chi connectivity index (χ2n) is 6.05. The quantitative estimate of drug-likeness (QED) is 0.616. The van der Waals surface area contributed by atoms with E-state index in [1.165, 1.54) is 11.6 Å². The summed E-state index contributed by atoms with van der Waals surface area (Å²) in [6.45, 7) is 6.97. The summed E-state index contributed by atoms with van der Waals surface area (Å²) in [4.78, 5) is 23.5. The van der Waals surface area contributed by atoms with Crippen molar-refractivity contribution in [3.63, 3.8) is 0 Å². The SMILES string of the molecule is CCc1ccc(/C=C/C(=O)OCC(=O)N[C@@](C)(C#N)C(C)C)cc1. The molecule has 1 aromatic carbocycles. The standard InChI is InChI=1S/C19H24N2O3/c1-5-15-6-8-16(9-7-15)10-11-18(23)24-12-17(22)21-19(4,13-20)14(2)3/h6-11,14H,5,12H2,1-4H3,(H,21,22)/b11-10+/t19-/m0/s1. The smallest absolute Gasteiger partial charge is 0.331 e. The number of amides is 1. The first kappa shape index (κ1) is 19.4. The first-order chi connectivity index (χ1) is 11.3. The zero-order valence-corrected chi connectivity index (χ0v) is 14.6. The predicted octanol–water partition coefficient (Wildman–Crippen LogP) is 2.86. The minimum atomic E-state index is -0.986. The molecule has 0 bridgehead atoms. The van der Waals surface area contributed by atoms with Gasteiger partial charge in [-0.1, -0.05) is 45.0 Å². The summed E-state index contributed by atoms with van der Waals surface area (Å²) in [7, 11) is 0. The topological polar surface area (TPSA) is 79.2 Å². The number of hydrogen-bond acceptors (Lipinski definition) is 4.